The summed E-state index contributed by atoms with van der Waals surface area (Å²) < 4.78 is 5.44. The summed E-state index contributed by atoms with van der Waals surface area (Å²) in [6.45, 7) is 11.0. The fraction of sp³-hybridized carbons (Fsp3) is 0.667. The Bertz CT molecular complexity index is 506. The van der Waals surface area contributed by atoms with Gasteiger partial charge in [-0.1, -0.05) is 12.1 Å². The van der Waals surface area contributed by atoms with Crippen molar-refractivity contribution in [3.63, 3.8) is 0 Å². The SMILES string of the molecule is CC(C)N1CC2CC2(c2ccc(N3CCOCC3)cc2)C1. The molecule has 3 nitrogen and oxygen atoms in total. The quantitative estimate of drug-likeness (QED) is 0.849. The van der Waals surface area contributed by atoms with Gasteiger partial charge in [0.2, 0.25) is 0 Å². The second-order valence-electron chi connectivity index (χ2n) is 7.23. The highest BCUT2D eigenvalue weighted by molar-refractivity contribution is 5.51. The van der Waals surface area contributed by atoms with Crippen molar-refractivity contribution in [2.45, 2.75) is 31.7 Å². The maximum absolute atomic E-state index is 5.44. The molecule has 1 aliphatic carbocycles. The van der Waals surface area contributed by atoms with Crippen LogP contribution in [-0.4, -0.2) is 50.3 Å². The third-order valence-electron chi connectivity index (χ3n) is 5.72. The topological polar surface area (TPSA) is 15.7 Å². The molecule has 2 aliphatic heterocycles. The Morgan fingerprint density at radius 3 is 2.48 bits per heavy atom. The third-order valence-corrected chi connectivity index (χ3v) is 5.72. The molecule has 3 aliphatic rings. The van der Waals surface area contributed by atoms with Crippen LogP contribution >= 0.6 is 0 Å². The highest BCUT2D eigenvalue weighted by Gasteiger charge is 2.60. The largest absolute Gasteiger partial charge is 0.378 e. The van der Waals surface area contributed by atoms with E-state index in [0.29, 0.717) is 11.5 Å². The average Bonchev–Trinajstić information content (AvgIpc) is 3.10. The Morgan fingerprint density at radius 2 is 1.86 bits per heavy atom. The molecule has 0 bridgehead atoms. The number of rotatable bonds is 3. The molecule has 2 saturated heterocycles. The van der Waals surface area contributed by atoms with Crippen LogP contribution < -0.4 is 4.90 Å². The zero-order valence-corrected chi connectivity index (χ0v) is 13.2. The molecule has 0 N–H and O–H groups in total. The van der Waals surface area contributed by atoms with Gasteiger partial charge in [0.25, 0.3) is 0 Å². The van der Waals surface area contributed by atoms with Gasteiger partial charge in [0, 0.05) is 43.3 Å². The number of hydrogen-bond donors (Lipinski definition) is 0. The van der Waals surface area contributed by atoms with E-state index < -0.39 is 0 Å². The Labute approximate surface area is 127 Å². The van der Waals surface area contributed by atoms with Gasteiger partial charge < -0.3 is 9.64 Å². The Kier molecular flexibility index (Phi) is 3.23. The summed E-state index contributed by atoms with van der Waals surface area (Å²) in [5.41, 5.74) is 3.40. The number of likely N-dealkylation sites (tertiary alicyclic amines) is 1. The molecule has 3 fully saturated rings. The van der Waals surface area contributed by atoms with E-state index in [1.807, 2.05) is 0 Å². The van der Waals surface area contributed by atoms with E-state index in [-0.39, 0.29) is 0 Å². The lowest BCUT2D eigenvalue weighted by Gasteiger charge is -2.29. The monoisotopic (exact) mass is 286 g/mol. The van der Waals surface area contributed by atoms with Crippen molar-refractivity contribution in [1.82, 2.24) is 4.90 Å². The Morgan fingerprint density at radius 1 is 1.14 bits per heavy atom. The van der Waals surface area contributed by atoms with E-state index in [1.165, 1.54) is 25.2 Å². The lowest BCUT2D eigenvalue weighted by atomic mass is 9.94. The fourth-order valence-corrected chi connectivity index (χ4v) is 4.19. The van der Waals surface area contributed by atoms with E-state index in [4.69, 9.17) is 4.74 Å². The molecule has 1 aromatic rings. The summed E-state index contributed by atoms with van der Waals surface area (Å²) in [5, 5.41) is 0. The van der Waals surface area contributed by atoms with Crippen LogP contribution in [-0.2, 0) is 10.2 Å². The first-order chi connectivity index (χ1) is 10.2. The van der Waals surface area contributed by atoms with Crippen LogP contribution in [0.2, 0.25) is 0 Å². The van der Waals surface area contributed by atoms with E-state index in [1.54, 1.807) is 5.56 Å². The normalized spacial score (nSPS) is 32.5. The fourth-order valence-electron chi connectivity index (χ4n) is 4.19. The van der Waals surface area contributed by atoms with Gasteiger partial charge in [-0.05, 0) is 43.9 Å². The number of anilines is 1. The van der Waals surface area contributed by atoms with Gasteiger partial charge in [0.05, 0.1) is 13.2 Å². The van der Waals surface area contributed by atoms with Gasteiger partial charge in [-0.3, -0.25) is 4.90 Å². The van der Waals surface area contributed by atoms with Crippen molar-refractivity contribution in [3.05, 3.63) is 29.8 Å². The average molecular weight is 286 g/mol. The van der Waals surface area contributed by atoms with Gasteiger partial charge in [-0.25, -0.2) is 0 Å². The van der Waals surface area contributed by atoms with Crippen LogP contribution in [0.4, 0.5) is 5.69 Å². The molecule has 21 heavy (non-hydrogen) atoms. The molecule has 0 spiro atoms. The van der Waals surface area contributed by atoms with E-state index in [0.717, 1.165) is 32.2 Å². The standard InChI is InChI=1S/C18H26N2O/c1-14(2)20-12-16-11-18(16,13-20)15-3-5-17(6-4-15)19-7-9-21-10-8-19/h3-6,14,16H,7-13H2,1-2H3. The molecule has 0 amide bonds. The lowest BCUT2D eigenvalue weighted by molar-refractivity contribution is 0.122. The molecule has 2 atom stereocenters. The smallest absolute Gasteiger partial charge is 0.0642 e. The molecule has 0 radical (unpaired) electrons. The Balaban J connectivity index is 1.50. The first kappa shape index (κ1) is 13.6. The maximum atomic E-state index is 5.44. The van der Waals surface area contributed by atoms with Crippen LogP contribution in [0, 0.1) is 5.92 Å². The van der Waals surface area contributed by atoms with Crippen molar-refractivity contribution in [3.8, 4) is 0 Å². The number of hydrogen-bond acceptors (Lipinski definition) is 3. The molecular formula is C18H26N2O. The molecule has 114 valence electrons. The minimum absolute atomic E-state index is 0.480. The number of fused-ring (bicyclic) bond motifs is 1. The number of piperidine rings is 1. The summed E-state index contributed by atoms with van der Waals surface area (Å²) in [5.74, 6) is 0.897. The minimum Gasteiger partial charge on any atom is -0.378 e. The van der Waals surface area contributed by atoms with Gasteiger partial charge in [0.15, 0.2) is 0 Å². The lowest BCUT2D eigenvalue weighted by Crippen LogP contribution is -2.36. The second kappa shape index (κ2) is 4.99. The maximum Gasteiger partial charge on any atom is 0.0642 e. The molecule has 4 rings (SSSR count). The summed E-state index contributed by atoms with van der Waals surface area (Å²) in [7, 11) is 0. The predicted octanol–water partition coefficient (Wildman–Crippen LogP) is 2.50. The van der Waals surface area contributed by atoms with E-state index >= 15 is 0 Å². The number of benzene rings is 1. The summed E-state index contributed by atoms with van der Waals surface area (Å²) >= 11 is 0. The molecule has 1 saturated carbocycles. The van der Waals surface area contributed by atoms with Crippen LogP contribution in [0.5, 0.6) is 0 Å². The molecule has 2 unspecified atom stereocenters. The Hall–Kier alpha value is -1.06. The van der Waals surface area contributed by atoms with Crippen molar-refractivity contribution < 1.29 is 4.74 Å². The number of morpholine rings is 1. The van der Waals surface area contributed by atoms with Gasteiger partial charge in [-0.15, -0.1) is 0 Å². The van der Waals surface area contributed by atoms with Crippen molar-refractivity contribution in [1.29, 1.82) is 0 Å². The first-order valence-corrected chi connectivity index (χ1v) is 8.36. The molecular weight excluding hydrogens is 260 g/mol. The van der Waals surface area contributed by atoms with Crippen LogP contribution in [0.3, 0.4) is 0 Å². The molecule has 2 heterocycles. The minimum atomic E-state index is 0.480. The van der Waals surface area contributed by atoms with Crippen LogP contribution in [0.15, 0.2) is 24.3 Å². The highest BCUT2D eigenvalue weighted by atomic mass is 16.5. The molecule has 0 aromatic heterocycles. The van der Waals surface area contributed by atoms with E-state index in [2.05, 4.69) is 47.9 Å². The van der Waals surface area contributed by atoms with Crippen LogP contribution in [0.1, 0.15) is 25.8 Å². The second-order valence-corrected chi connectivity index (χ2v) is 7.23. The first-order valence-electron chi connectivity index (χ1n) is 8.36. The number of nitrogens with zero attached hydrogens (tertiary/aromatic N) is 2. The zero-order chi connectivity index (χ0) is 14.4. The molecule has 3 heteroatoms. The predicted molar refractivity (Wildman–Crippen MR) is 86.0 cm³/mol. The summed E-state index contributed by atoms with van der Waals surface area (Å²) in [6.07, 6.45) is 1.40. The van der Waals surface area contributed by atoms with Gasteiger partial charge in [0.1, 0.15) is 0 Å². The van der Waals surface area contributed by atoms with Crippen LogP contribution in [0.25, 0.3) is 0 Å². The highest BCUT2D eigenvalue weighted by Crippen LogP contribution is 2.59. The van der Waals surface area contributed by atoms with E-state index in [9.17, 15) is 0 Å². The molecule has 1 aromatic carbocycles. The van der Waals surface area contributed by atoms with Crippen molar-refractivity contribution in [2.24, 2.45) is 5.92 Å². The third kappa shape index (κ3) is 2.27. The van der Waals surface area contributed by atoms with Gasteiger partial charge in [-0.2, -0.15) is 0 Å². The van der Waals surface area contributed by atoms with Gasteiger partial charge >= 0.3 is 0 Å². The van der Waals surface area contributed by atoms with Crippen molar-refractivity contribution >= 4 is 5.69 Å². The summed E-state index contributed by atoms with van der Waals surface area (Å²) in [4.78, 5) is 5.08. The van der Waals surface area contributed by atoms with Crippen molar-refractivity contribution in [2.75, 3.05) is 44.3 Å². The summed E-state index contributed by atoms with van der Waals surface area (Å²) in [6, 6.07) is 10.1. The zero-order valence-electron chi connectivity index (χ0n) is 13.2. The number of ether oxygens (including phenoxy) is 1.